The molecule has 0 bridgehead atoms. The number of esters is 1. The van der Waals surface area contributed by atoms with Gasteiger partial charge in [0.25, 0.3) is 0 Å². The molecule has 0 heterocycles. The average molecular weight is 223 g/mol. The summed E-state index contributed by atoms with van der Waals surface area (Å²) in [6, 6.07) is 0. The zero-order chi connectivity index (χ0) is 8.69. The number of hydrogen-bond acceptors (Lipinski definition) is 2. The van der Waals surface area contributed by atoms with Gasteiger partial charge in [0.05, 0.1) is 7.11 Å². The number of ether oxygens (including phenoxy) is 1. The minimum atomic E-state index is -0.105. The highest BCUT2D eigenvalue weighted by Gasteiger charge is 2.07. The second-order valence-electron chi connectivity index (χ2n) is 2.72. The van der Waals surface area contributed by atoms with Gasteiger partial charge in [-0.2, -0.15) is 0 Å². The Morgan fingerprint density at radius 2 is 2.27 bits per heavy atom. The molecule has 66 valence electrons. The second-order valence-corrected chi connectivity index (χ2v) is 3.51. The van der Waals surface area contributed by atoms with Crippen molar-refractivity contribution >= 4 is 21.9 Å². The zero-order valence-electron chi connectivity index (χ0n) is 7.10. The van der Waals surface area contributed by atoms with Crippen LogP contribution in [0.5, 0.6) is 0 Å². The molecule has 0 rings (SSSR count). The molecule has 0 unspecified atom stereocenters. The van der Waals surface area contributed by atoms with Crippen molar-refractivity contribution in [2.75, 3.05) is 12.4 Å². The van der Waals surface area contributed by atoms with Gasteiger partial charge < -0.3 is 4.74 Å². The Kier molecular flexibility index (Phi) is 6.62. The van der Waals surface area contributed by atoms with Crippen molar-refractivity contribution in [2.24, 2.45) is 5.92 Å². The largest absolute Gasteiger partial charge is 0.469 e. The topological polar surface area (TPSA) is 26.3 Å². The van der Waals surface area contributed by atoms with E-state index in [9.17, 15) is 4.79 Å². The lowest BCUT2D eigenvalue weighted by Gasteiger charge is -2.07. The Morgan fingerprint density at radius 3 is 2.73 bits per heavy atom. The molecule has 0 saturated heterocycles. The highest BCUT2D eigenvalue weighted by molar-refractivity contribution is 9.09. The monoisotopic (exact) mass is 222 g/mol. The van der Waals surface area contributed by atoms with Crippen LogP contribution in [0.2, 0.25) is 0 Å². The van der Waals surface area contributed by atoms with Gasteiger partial charge in [0.15, 0.2) is 0 Å². The quantitative estimate of drug-likeness (QED) is 0.528. The fraction of sp³-hybridized carbons (Fsp3) is 0.875. The predicted octanol–water partition coefficient (Wildman–Crippen LogP) is 2.36. The van der Waals surface area contributed by atoms with Crippen molar-refractivity contribution in [3.05, 3.63) is 0 Å². The highest BCUT2D eigenvalue weighted by atomic mass is 79.9. The van der Waals surface area contributed by atoms with Gasteiger partial charge in [0, 0.05) is 11.8 Å². The van der Waals surface area contributed by atoms with Crippen molar-refractivity contribution in [1.82, 2.24) is 0 Å². The van der Waals surface area contributed by atoms with Gasteiger partial charge in [-0.15, -0.1) is 0 Å². The normalized spacial score (nSPS) is 12.6. The lowest BCUT2D eigenvalue weighted by molar-refractivity contribution is -0.141. The van der Waals surface area contributed by atoms with Crippen LogP contribution < -0.4 is 0 Å². The third-order valence-electron chi connectivity index (χ3n) is 1.57. The third kappa shape index (κ3) is 6.35. The Bertz CT molecular complexity index is 115. The highest BCUT2D eigenvalue weighted by Crippen LogP contribution is 2.11. The zero-order valence-corrected chi connectivity index (χ0v) is 8.69. The van der Waals surface area contributed by atoms with Crippen LogP contribution in [0.1, 0.15) is 26.2 Å². The molecule has 0 aromatic rings. The summed E-state index contributed by atoms with van der Waals surface area (Å²) in [6.07, 6.45) is 2.75. The summed E-state index contributed by atoms with van der Waals surface area (Å²) >= 11 is 3.34. The van der Waals surface area contributed by atoms with E-state index >= 15 is 0 Å². The second kappa shape index (κ2) is 6.65. The summed E-state index contributed by atoms with van der Waals surface area (Å²) in [5, 5.41) is 1.01. The Balaban J connectivity index is 3.35. The van der Waals surface area contributed by atoms with Gasteiger partial charge in [0.1, 0.15) is 0 Å². The predicted molar refractivity (Wildman–Crippen MR) is 48.8 cm³/mol. The lowest BCUT2D eigenvalue weighted by Crippen LogP contribution is -2.07. The van der Waals surface area contributed by atoms with E-state index in [-0.39, 0.29) is 5.97 Å². The van der Waals surface area contributed by atoms with Gasteiger partial charge >= 0.3 is 5.97 Å². The van der Waals surface area contributed by atoms with Crippen LogP contribution in [-0.2, 0) is 9.53 Å². The Labute approximate surface area is 76.4 Å². The smallest absolute Gasteiger partial charge is 0.305 e. The molecule has 0 aliphatic rings. The molecular weight excluding hydrogens is 208 g/mol. The molecule has 1 atom stereocenters. The molecule has 0 N–H and O–H groups in total. The van der Waals surface area contributed by atoms with E-state index in [1.165, 1.54) is 7.11 Å². The first-order valence-corrected chi connectivity index (χ1v) is 4.95. The van der Waals surface area contributed by atoms with Crippen LogP contribution in [0.15, 0.2) is 0 Å². The fourth-order valence-electron chi connectivity index (χ4n) is 0.896. The maximum Gasteiger partial charge on any atom is 0.305 e. The van der Waals surface area contributed by atoms with Crippen molar-refractivity contribution in [3.63, 3.8) is 0 Å². The first-order valence-electron chi connectivity index (χ1n) is 3.83. The number of alkyl halides is 1. The minimum absolute atomic E-state index is 0.105. The third-order valence-corrected chi connectivity index (χ3v) is 2.13. The summed E-state index contributed by atoms with van der Waals surface area (Å²) in [6.45, 7) is 2.07. The van der Waals surface area contributed by atoms with Crippen molar-refractivity contribution < 1.29 is 9.53 Å². The summed E-state index contributed by atoms with van der Waals surface area (Å²) in [5.41, 5.74) is 0. The van der Waals surface area contributed by atoms with E-state index in [1.54, 1.807) is 0 Å². The molecule has 11 heavy (non-hydrogen) atoms. The van der Waals surface area contributed by atoms with E-state index < -0.39 is 0 Å². The SMILES string of the molecule is COC(=O)C[C@@H](C)CCCBr. The van der Waals surface area contributed by atoms with E-state index in [4.69, 9.17) is 0 Å². The van der Waals surface area contributed by atoms with Crippen molar-refractivity contribution in [2.45, 2.75) is 26.2 Å². The molecule has 0 aliphatic carbocycles. The summed E-state index contributed by atoms with van der Waals surface area (Å²) < 4.78 is 4.55. The van der Waals surface area contributed by atoms with Gasteiger partial charge in [0.2, 0.25) is 0 Å². The molecule has 0 fully saturated rings. The number of rotatable bonds is 5. The Hall–Kier alpha value is -0.0500. The lowest BCUT2D eigenvalue weighted by atomic mass is 10.0. The minimum Gasteiger partial charge on any atom is -0.469 e. The van der Waals surface area contributed by atoms with Gasteiger partial charge in [-0.05, 0) is 18.8 Å². The number of halogens is 1. The molecule has 0 aromatic carbocycles. The van der Waals surface area contributed by atoms with Crippen molar-refractivity contribution in [1.29, 1.82) is 0 Å². The summed E-state index contributed by atoms with van der Waals surface area (Å²) in [4.78, 5) is 10.8. The van der Waals surface area contributed by atoms with E-state index in [1.807, 2.05) is 0 Å². The van der Waals surface area contributed by atoms with Gasteiger partial charge in [-0.3, -0.25) is 4.79 Å². The molecule has 0 saturated carbocycles. The van der Waals surface area contributed by atoms with E-state index in [2.05, 4.69) is 27.6 Å². The number of methoxy groups -OCH3 is 1. The maximum absolute atomic E-state index is 10.8. The fourth-order valence-corrected chi connectivity index (χ4v) is 1.22. The molecule has 0 radical (unpaired) electrons. The van der Waals surface area contributed by atoms with Crippen LogP contribution in [0, 0.1) is 5.92 Å². The molecular formula is C8H15BrO2. The molecule has 3 heteroatoms. The van der Waals surface area contributed by atoms with Gasteiger partial charge in [-0.25, -0.2) is 0 Å². The molecule has 0 aliphatic heterocycles. The first kappa shape index (κ1) is 11.0. The standard InChI is InChI=1S/C8H15BrO2/c1-7(4-3-5-9)6-8(10)11-2/h7H,3-6H2,1-2H3/t7-/m0/s1. The number of carbonyl (C=O) groups excluding carboxylic acids is 1. The number of carbonyl (C=O) groups is 1. The first-order chi connectivity index (χ1) is 5.20. The summed E-state index contributed by atoms with van der Waals surface area (Å²) in [5.74, 6) is 0.340. The molecule has 0 spiro atoms. The average Bonchev–Trinajstić information content (AvgIpc) is 2.00. The van der Waals surface area contributed by atoms with Crippen LogP contribution in [0.3, 0.4) is 0 Å². The molecule has 0 aromatic heterocycles. The van der Waals surface area contributed by atoms with E-state index in [0.29, 0.717) is 12.3 Å². The van der Waals surface area contributed by atoms with Crippen LogP contribution in [0.4, 0.5) is 0 Å². The number of hydrogen-bond donors (Lipinski definition) is 0. The maximum atomic E-state index is 10.8. The molecule has 2 nitrogen and oxygen atoms in total. The Morgan fingerprint density at radius 1 is 1.64 bits per heavy atom. The van der Waals surface area contributed by atoms with Crippen LogP contribution >= 0.6 is 15.9 Å². The van der Waals surface area contributed by atoms with Crippen molar-refractivity contribution in [3.8, 4) is 0 Å². The van der Waals surface area contributed by atoms with E-state index in [0.717, 1.165) is 18.2 Å². The van der Waals surface area contributed by atoms with Crippen LogP contribution in [0.25, 0.3) is 0 Å². The summed E-state index contributed by atoms with van der Waals surface area (Å²) in [7, 11) is 1.43. The van der Waals surface area contributed by atoms with Gasteiger partial charge in [-0.1, -0.05) is 22.9 Å². The molecule has 0 amide bonds. The van der Waals surface area contributed by atoms with Crippen LogP contribution in [-0.4, -0.2) is 18.4 Å².